The Labute approximate surface area is 114 Å². The Bertz CT molecular complexity index is 377. The van der Waals surface area contributed by atoms with Crippen molar-refractivity contribution in [3.8, 4) is 0 Å². The van der Waals surface area contributed by atoms with Crippen LogP contribution in [0.25, 0.3) is 0 Å². The molecule has 0 radical (unpaired) electrons. The van der Waals surface area contributed by atoms with Crippen molar-refractivity contribution >= 4 is 5.91 Å². The van der Waals surface area contributed by atoms with Gasteiger partial charge in [0.15, 0.2) is 0 Å². The van der Waals surface area contributed by atoms with Crippen LogP contribution >= 0.6 is 0 Å². The molecule has 1 fully saturated rings. The van der Waals surface area contributed by atoms with Crippen LogP contribution in [0.2, 0.25) is 0 Å². The monoisotopic (exact) mass is 264 g/mol. The smallest absolute Gasteiger partial charge is 0.226 e. The molecule has 1 aromatic heterocycles. The standard InChI is InChI=1S/C14H24N4O/c1-2-3-14(4-6-15-7-5-14)13(19)17-9-11-18-10-8-16-12-18/h8,10,12,15H,2-7,9,11H2,1H3,(H,17,19). The second-order valence-electron chi connectivity index (χ2n) is 5.34. The largest absolute Gasteiger partial charge is 0.354 e. The van der Waals surface area contributed by atoms with Gasteiger partial charge < -0.3 is 15.2 Å². The maximum absolute atomic E-state index is 12.5. The van der Waals surface area contributed by atoms with E-state index < -0.39 is 0 Å². The number of aromatic nitrogens is 2. The van der Waals surface area contributed by atoms with Gasteiger partial charge in [-0.15, -0.1) is 0 Å². The molecule has 19 heavy (non-hydrogen) atoms. The Morgan fingerprint density at radius 2 is 2.26 bits per heavy atom. The number of imidazole rings is 1. The highest BCUT2D eigenvalue weighted by molar-refractivity contribution is 5.82. The van der Waals surface area contributed by atoms with Crippen LogP contribution in [0.4, 0.5) is 0 Å². The fourth-order valence-corrected chi connectivity index (χ4v) is 2.88. The second kappa shape index (κ2) is 6.70. The molecule has 1 saturated heterocycles. The summed E-state index contributed by atoms with van der Waals surface area (Å²) < 4.78 is 1.98. The summed E-state index contributed by atoms with van der Waals surface area (Å²) in [6, 6.07) is 0. The van der Waals surface area contributed by atoms with Crippen LogP contribution in [0, 0.1) is 5.41 Å². The molecule has 1 aliphatic heterocycles. The lowest BCUT2D eigenvalue weighted by Gasteiger charge is -2.36. The first-order chi connectivity index (χ1) is 9.27. The van der Waals surface area contributed by atoms with Gasteiger partial charge in [0.05, 0.1) is 11.7 Å². The summed E-state index contributed by atoms with van der Waals surface area (Å²) in [5.74, 6) is 0.232. The number of carbonyl (C=O) groups excluding carboxylic acids is 1. The molecule has 2 heterocycles. The maximum Gasteiger partial charge on any atom is 0.226 e. The molecule has 2 N–H and O–H groups in total. The predicted molar refractivity (Wildman–Crippen MR) is 74.7 cm³/mol. The van der Waals surface area contributed by atoms with E-state index in [0.29, 0.717) is 6.54 Å². The van der Waals surface area contributed by atoms with Crippen LogP contribution in [-0.2, 0) is 11.3 Å². The number of carbonyl (C=O) groups is 1. The Kier molecular flexibility index (Phi) is 4.96. The lowest BCUT2D eigenvalue weighted by molar-refractivity contribution is -0.133. The zero-order valence-corrected chi connectivity index (χ0v) is 11.7. The van der Waals surface area contributed by atoms with E-state index in [0.717, 1.165) is 45.3 Å². The third-order valence-corrected chi connectivity index (χ3v) is 3.99. The number of amides is 1. The van der Waals surface area contributed by atoms with Gasteiger partial charge in [-0.2, -0.15) is 0 Å². The molecule has 1 aliphatic rings. The van der Waals surface area contributed by atoms with E-state index in [4.69, 9.17) is 0 Å². The molecule has 5 nitrogen and oxygen atoms in total. The van der Waals surface area contributed by atoms with E-state index in [9.17, 15) is 4.79 Å². The van der Waals surface area contributed by atoms with Gasteiger partial charge in [-0.25, -0.2) is 4.98 Å². The van der Waals surface area contributed by atoms with E-state index in [1.54, 1.807) is 12.5 Å². The fourth-order valence-electron chi connectivity index (χ4n) is 2.88. The van der Waals surface area contributed by atoms with Crippen LogP contribution in [0.1, 0.15) is 32.6 Å². The molecule has 0 aliphatic carbocycles. The van der Waals surface area contributed by atoms with E-state index in [-0.39, 0.29) is 11.3 Å². The number of hydrogen-bond donors (Lipinski definition) is 2. The van der Waals surface area contributed by atoms with Gasteiger partial charge in [-0.1, -0.05) is 13.3 Å². The minimum absolute atomic E-state index is 0.144. The highest BCUT2D eigenvalue weighted by Gasteiger charge is 2.38. The Morgan fingerprint density at radius 3 is 2.89 bits per heavy atom. The zero-order chi connectivity index (χ0) is 13.6. The fraction of sp³-hybridized carbons (Fsp3) is 0.714. The second-order valence-corrected chi connectivity index (χ2v) is 5.34. The summed E-state index contributed by atoms with van der Waals surface area (Å²) in [5, 5.41) is 6.44. The molecule has 0 bridgehead atoms. The molecule has 1 amide bonds. The molecular weight excluding hydrogens is 240 g/mol. The molecule has 0 saturated carbocycles. The minimum Gasteiger partial charge on any atom is -0.354 e. The van der Waals surface area contributed by atoms with Crippen LogP contribution in [0.5, 0.6) is 0 Å². The van der Waals surface area contributed by atoms with Crippen molar-refractivity contribution < 1.29 is 4.79 Å². The van der Waals surface area contributed by atoms with Crippen molar-refractivity contribution in [2.45, 2.75) is 39.2 Å². The van der Waals surface area contributed by atoms with E-state index in [1.165, 1.54) is 0 Å². The Morgan fingerprint density at radius 1 is 1.47 bits per heavy atom. The summed E-state index contributed by atoms with van der Waals surface area (Å²) in [6.45, 7) is 5.52. The van der Waals surface area contributed by atoms with Crippen LogP contribution in [0.15, 0.2) is 18.7 Å². The number of rotatable bonds is 6. The minimum atomic E-state index is -0.144. The van der Waals surface area contributed by atoms with Crippen LogP contribution in [0.3, 0.4) is 0 Å². The average Bonchev–Trinajstić information content (AvgIpc) is 2.93. The summed E-state index contributed by atoms with van der Waals surface area (Å²) in [7, 11) is 0. The normalized spacial score (nSPS) is 18.2. The Hall–Kier alpha value is -1.36. The molecule has 1 aromatic rings. The first-order valence-corrected chi connectivity index (χ1v) is 7.21. The Balaban J connectivity index is 1.85. The maximum atomic E-state index is 12.5. The molecule has 5 heteroatoms. The number of nitrogens with zero attached hydrogens (tertiary/aromatic N) is 2. The van der Waals surface area contributed by atoms with Crippen molar-refractivity contribution in [1.29, 1.82) is 0 Å². The van der Waals surface area contributed by atoms with Gasteiger partial charge in [-0.3, -0.25) is 4.79 Å². The third kappa shape index (κ3) is 3.56. The molecular formula is C14H24N4O. The summed E-state index contributed by atoms with van der Waals surface area (Å²) in [6.07, 6.45) is 9.42. The van der Waals surface area contributed by atoms with E-state index in [2.05, 4.69) is 22.5 Å². The van der Waals surface area contributed by atoms with Crippen molar-refractivity contribution in [1.82, 2.24) is 20.2 Å². The lowest BCUT2D eigenvalue weighted by atomic mass is 9.74. The van der Waals surface area contributed by atoms with E-state index in [1.807, 2.05) is 10.8 Å². The van der Waals surface area contributed by atoms with Crippen molar-refractivity contribution in [2.24, 2.45) is 5.41 Å². The molecule has 106 valence electrons. The van der Waals surface area contributed by atoms with Gasteiger partial charge in [-0.05, 0) is 32.4 Å². The first-order valence-electron chi connectivity index (χ1n) is 7.21. The first kappa shape index (κ1) is 14.1. The van der Waals surface area contributed by atoms with Gasteiger partial charge in [0.25, 0.3) is 0 Å². The average molecular weight is 264 g/mol. The number of hydrogen-bond acceptors (Lipinski definition) is 3. The summed E-state index contributed by atoms with van der Waals surface area (Å²) >= 11 is 0. The quantitative estimate of drug-likeness (QED) is 0.811. The molecule has 0 unspecified atom stereocenters. The topological polar surface area (TPSA) is 59.0 Å². The number of nitrogens with one attached hydrogen (secondary N) is 2. The summed E-state index contributed by atoms with van der Waals surface area (Å²) in [4.78, 5) is 16.5. The van der Waals surface area contributed by atoms with E-state index >= 15 is 0 Å². The SMILES string of the molecule is CCCC1(C(=O)NCCn2ccnc2)CCNCC1. The van der Waals surface area contributed by atoms with Crippen LogP contribution in [-0.4, -0.2) is 35.1 Å². The van der Waals surface area contributed by atoms with Crippen molar-refractivity contribution in [2.75, 3.05) is 19.6 Å². The predicted octanol–water partition coefficient (Wildman–Crippen LogP) is 1.17. The van der Waals surface area contributed by atoms with Gasteiger partial charge in [0.2, 0.25) is 5.91 Å². The molecule has 0 aromatic carbocycles. The molecule has 0 spiro atoms. The lowest BCUT2D eigenvalue weighted by Crippen LogP contribution is -2.48. The van der Waals surface area contributed by atoms with Gasteiger partial charge >= 0.3 is 0 Å². The molecule has 2 rings (SSSR count). The molecule has 0 atom stereocenters. The zero-order valence-electron chi connectivity index (χ0n) is 11.7. The van der Waals surface area contributed by atoms with Gasteiger partial charge in [0, 0.05) is 25.5 Å². The highest BCUT2D eigenvalue weighted by Crippen LogP contribution is 2.34. The van der Waals surface area contributed by atoms with Crippen molar-refractivity contribution in [3.05, 3.63) is 18.7 Å². The third-order valence-electron chi connectivity index (χ3n) is 3.99. The summed E-state index contributed by atoms with van der Waals surface area (Å²) in [5.41, 5.74) is -0.144. The van der Waals surface area contributed by atoms with Crippen molar-refractivity contribution in [3.63, 3.8) is 0 Å². The van der Waals surface area contributed by atoms with Gasteiger partial charge in [0.1, 0.15) is 0 Å². The van der Waals surface area contributed by atoms with Crippen LogP contribution < -0.4 is 10.6 Å². The number of piperidine rings is 1. The highest BCUT2D eigenvalue weighted by atomic mass is 16.2.